The van der Waals surface area contributed by atoms with Gasteiger partial charge in [0.05, 0.1) is 11.0 Å². The molecule has 1 saturated heterocycles. The van der Waals surface area contributed by atoms with E-state index in [2.05, 4.69) is 20.2 Å². The predicted molar refractivity (Wildman–Crippen MR) is 132 cm³/mol. The minimum Gasteiger partial charge on any atom is -0.392 e. The predicted octanol–water partition coefficient (Wildman–Crippen LogP) is 2.84. The number of rotatable bonds is 9. The Hall–Kier alpha value is -2.38. The minimum atomic E-state index is -3.70. The Labute approximate surface area is 209 Å². The summed E-state index contributed by atoms with van der Waals surface area (Å²) in [4.78, 5) is 24.0. The number of sulfonamides is 1. The number of ether oxygens (including phenoxy) is 2. The molecular formula is C23H30N4O6S2. The van der Waals surface area contributed by atoms with Crippen LogP contribution >= 0.6 is 11.3 Å². The fourth-order valence-electron chi connectivity index (χ4n) is 4.03. The van der Waals surface area contributed by atoms with Gasteiger partial charge < -0.3 is 14.3 Å². The van der Waals surface area contributed by atoms with Crippen LogP contribution in [0, 0.1) is 6.92 Å². The van der Waals surface area contributed by atoms with Crippen LogP contribution in [0.25, 0.3) is 0 Å². The van der Waals surface area contributed by atoms with Crippen LogP contribution in [0.1, 0.15) is 42.5 Å². The van der Waals surface area contributed by atoms with E-state index in [1.165, 1.54) is 23.5 Å². The number of methoxy groups -OCH3 is 1. The molecule has 0 bridgehead atoms. The first kappa shape index (κ1) is 25.7. The zero-order chi connectivity index (χ0) is 24.8. The summed E-state index contributed by atoms with van der Waals surface area (Å²) in [6, 6.07) is 5.88. The van der Waals surface area contributed by atoms with Crippen molar-refractivity contribution in [1.29, 1.82) is 0 Å². The minimum absolute atomic E-state index is 0.0417. The molecular weight excluding hydrogens is 492 g/mol. The number of oxime groups is 1. The van der Waals surface area contributed by atoms with Crippen LogP contribution in [0.5, 0.6) is 0 Å². The third kappa shape index (κ3) is 6.85. The summed E-state index contributed by atoms with van der Waals surface area (Å²) in [6.45, 7) is 2.96. The molecule has 0 unspecified atom stereocenters. The second kappa shape index (κ2) is 11.6. The number of aromatic nitrogens is 1. The standard InChI is InChI=1S/C23H30N4O6S2/c1-15-14-24-23(34-15)25-22(28)21(26-33-19-6-5-18(13-19)31-2)16-3-7-20(8-4-16)35(29,30)27-17-9-11-32-12-10-17/h3-4,7-8,14,17-19,27H,5-6,9-13H2,1-2H3,(H,24,25,28)/b26-21+/t18-,19-/m1/s1. The molecule has 2 fully saturated rings. The highest BCUT2D eigenvalue weighted by Gasteiger charge is 2.27. The Balaban J connectivity index is 1.52. The van der Waals surface area contributed by atoms with Crippen molar-refractivity contribution in [2.24, 2.45) is 5.16 Å². The molecule has 35 heavy (non-hydrogen) atoms. The van der Waals surface area contributed by atoms with Crippen molar-refractivity contribution >= 4 is 38.1 Å². The number of hydrogen-bond donors (Lipinski definition) is 2. The highest BCUT2D eigenvalue weighted by atomic mass is 32.2. The molecule has 1 aromatic carbocycles. The van der Waals surface area contributed by atoms with Crippen LogP contribution in [0.15, 0.2) is 40.5 Å². The van der Waals surface area contributed by atoms with Gasteiger partial charge in [0.1, 0.15) is 6.10 Å². The van der Waals surface area contributed by atoms with Crippen LogP contribution in [0.4, 0.5) is 5.13 Å². The van der Waals surface area contributed by atoms with E-state index in [-0.39, 0.29) is 28.9 Å². The van der Waals surface area contributed by atoms with Crippen LogP contribution < -0.4 is 10.0 Å². The number of nitrogens with zero attached hydrogens (tertiary/aromatic N) is 2. The second-order valence-electron chi connectivity index (χ2n) is 8.60. The van der Waals surface area contributed by atoms with E-state index in [0.29, 0.717) is 43.2 Å². The lowest BCUT2D eigenvalue weighted by atomic mass is 10.1. The molecule has 0 spiro atoms. The molecule has 2 heterocycles. The lowest BCUT2D eigenvalue weighted by molar-refractivity contribution is -0.110. The van der Waals surface area contributed by atoms with Gasteiger partial charge in [0.15, 0.2) is 10.8 Å². The molecule has 1 saturated carbocycles. The summed E-state index contributed by atoms with van der Waals surface area (Å²) in [5, 5.41) is 7.37. The second-order valence-corrected chi connectivity index (χ2v) is 11.5. The van der Waals surface area contributed by atoms with Gasteiger partial charge in [0, 0.05) is 49.4 Å². The normalized spacial score (nSPS) is 21.7. The summed E-state index contributed by atoms with van der Waals surface area (Å²) in [7, 11) is -2.04. The van der Waals surface area contributed by atoms with Crippen LogP contribution in [-0.2, 0) is 29.1 Å². The number of carbonyl (C=O) groups excluding carboxylic acids is 1. The highest BCUT2D eigenvalue weighted by Crippen LogP contribution is 2.25. The number of hydrogen-bond acceptors (Lipinski definition) is 9. The van der Waals surface area contributed by atoms with Crippen molar-refractivity contribution in [1.82, 2.24) is 9.71 Å². The van der Waals surface area contributed by atoms with Gasteiger partial charge in [-0.25, -0.2) is 18.1 Å². The van der Waals surface area contributed by atoms with Crippen LogP contribution in [-0.4, -0.2) is 63.6 Å². The summed E-state index contributed by atoms with van der Waals surface area (Å²) >= 11 is 1.35. The first-order valence-electron chi connectivity index (χ1n) is 11.5. The molecule has 1 aliphatic carbocycles. The molecule has 2 N–H and O–H groups in total. The highest BCUT2D eigenvalue weighted by molar-refractivity contribution is 7.89. The number of carbonyl (C=O) groups is 1. The van der Waals surface area contributed by atoms with Gasteiger partial charge in [0.25, 0.3) is 5.91 Å². The Morgan fingerprint density at radius 3 is 2.49 bits per heavy atom. The summed E-state index contributed by atoms with van der Waals surface area (Å²) in [5.41, 5.74) is 0.474. The molecule has 10 nitrogen and oxygen atoms in total. The molecule has 2 aliphatic rings. The lowest BCUT2D eigenvalue weighted by Crippen LogP contribution is -2.38. The van der Waals surface area contributed by atoms with Gasteiger partial charge in [-0.15, -0.1) is 11.3 Å². The van der Waals surface area contributed by atoms with Gasteiger partial charge >= 0.3 is 0 Å². The van der Waals surface area contributed by atoms with Crippen molar-refractivity contribution in [3.8, 4) is 0 Å². The number of thiazole rings is 1. The van der Waals surface area contributed by atoms with Crippen LogP contribution in [0.3, 0.4) is 0 Å². The fraction of sp³-hybridized carbons (Fsp3) is 0.522. The Morgan fingerprint density at radius 1 is 1.14 bits per heavy atom. The average molecular weight is 523 g/mol. The zero-order valence-corrected chi connectivity index (χ0v) is 21.4. The maximum atomic E-state index is 13.1. The Kier molecular flexibility index (Phi) is 8.50. The number of nitrogens with one attached hydrogen (secondary N) is 2. The monoisotopic (exact) mass is 522 g/mol. The Morgan fingerprint density at radius 2 is 1.86 bits per heavy atom. The maximum Gasteiger partial charge on any atom is 0.280 e. The van der Waals surface area contributed by atoms with E-state index < -0.39 is 15.9 Å². The molecule has 1 aromatic heterocycles. The number of amides is 1. The Bertz CT molecular complexity index is 1140. The van der Waals surface area contributed by atoms with Crippen molar-refractivity contribution in [2.75, 3.05) is 25.6 Å². The van der Waals surface area contributed by atoms with Crippen molar-refractivity contribution in [2.45, 2.75) is 62.2 Å². The first-order chi connectivity index (χ1) is 16.8. The lowest BCUT2D eigenvalue weighted by Gasteiger charge is -2.23. The van der Waals surface area contributed by atoms with Gasteiger partial charge in [-0.1, -0.05) is 17.3 Å². The third-order valence-electron chi connectivity index (χ3n) is 6.00. The topological polar surface area (TPSA) is 128 Å². The van der Waals surface area contributed by atoms with E-state index >= 15 is 0 Å². The van der Waals surface area contributed by atoms with Gasteiger partial charge in [-0.05, 0) is 44.7 Å². The fourth-order valence-corrected chi connectivity index (χ4v) is 5.99. The largest absolute Gasteiger partial charge is 0.392 e. The summed E-state index contributed by atoms with van der Waals surface area (Å²) < 4.78 is 39.0. The van der Waals surface area contributed by atoms with E-state index in [1.54, 1.807) is 25.4 Å². The molecule has 2 aromatic rings. The summed E-state index contributed by atoms with van der Waals surface area (Å²) in [5.74, 6) is -0.489. The molecule has 0 radical (unpaired) electrons. The van der Waals surface area contributed by atoms with Crippen molar-refractivity contribution in [3.63, 3.8) is 0 Å². The van der Waals surface area contributed by atoms with Crippen LogP contribution in [0.2, 0.25) is 0 Å². The molecule has 190 valence electrons. The molecule has 12 heteroatoms. The van der Waals surface area contributed by atoms with E-state index in [1.807, 2.05) is 6.92 Å². The van der Waals surface area contributed by atoms with Gasteiger partial charge in [0.2, 0.25) is 10.0 Å². The number of anilines is 1. The van der Waals surface area contributed by atoms with Crippen molar-refractivity contribution in [3.05, 3.63) is 40.9 Å². The molecule has 2 atom stereocenters. The molecule has 1 aliphatic heterocycles. The van der Waals surface area contributed by atoms with E-state index in [9.17, 15) is 13.2 Å². The smallest absolute Gasteiger partial charge is 0.280 e. The van der Waals surface area contributed by atoms with Gasteiger partial charge in [-0.2, -0.15) is 0 Å². The van der Waals surface area contributed by atoms with Gasteiger partial charge in [-0.3, -0.25) is 10.1 Å². The van der Waals surface area contributed by atoms with Crippen molar-refractivity contribution < 1.29 is 27.5 Å². The molecule has 1 amide bonds. The SMILES string of the molecule is CO[C@@H]1CC[C@@H](O/N=C(/C(=O)Nc2ncc(C)s2)c2ccc(S(=O)(=O)NC3CCOCC3)cc2)C1. The maximum absolute atomic E-state index is 13.1. The third-order valence-corrected chi connectivity index (χ3v) is 8.37. The quantitative estimate of drug-likeness (QED) is 0.383. The number of aryl methyl sites for hydroxylation is 1. The first-order valence-corrected chi connectivity index (χ1v) is 13.8. The number of benzene rings is 1. The average Bonchev–Trinajstić information content (AvgIpc) is 3.48. The summed E-state index contributed by atoms with van der Waals surface area (Å²) in [6.07, 6.45) is 5.21. The molecule has 4 rings (SSSR count). The zero-order valence-electron chi connectivity index (χ0n) is 19.7. The van der Waals surface area contributed by atoms with E-state index in [4.69, 9.17) is 14.3 Å². The van der Waals surface area contributed by atoms with E-state index in [0.717, 1.165) is 17.7 Å².